The third-order valence-electron chi connectivity index (χ3n) is 4.56. The van der Waals surface area contributed by atoms with E-state index in [-0.39, 0.29) is 11.5 Å². The first-order chi connectivity index (χ1) is 10.7. The third kappa shape index (κ3) is 2.20. The molecule has 1 aromatic heterocycles. The van der Waals surface area contributed by atoms with Crippen LogP contribution in [0.4, 0.5) is 0 Å². The standard InChI is InChI=1S/C17H16BrNO3/c18-15-6-5-14(22-15)16(20)19-9-10-21-17(11-19)8-7-12-3-1-2-4-13(12)17/h1-6H,7-11H2/t17-/m0/s1. The zero-order valence-electron chi connectivity index (χ0n) is 12.0. The summed E-state index contributed by atoms with van der Waals surface area (Å²) in [7, 11) is 0. The fourth-order valence-corrected chi connectivity index (χ4v) is 3.82. The summed E-state index contributed by atoms with van der Waals surface area (Å²) < 4.78 is 12.1. The van der Waals surface area contributed by atoms with Gasteiger partial charge >= 0.3 is 0 Å². The van der Waals surface area contributed by atoms with Crippen LogP contribution >= 0.6 is 15.9 Å². The van der Waals surface area contributed by atoms with Gasteiger partial charge in [0.25, 0.3) is 5.91 Å². The summed E-state index contributed by atoms with van der Waals surface area (Å²) in [5, 5.41) is 0. The topological polar surface area (TPSA) is 42.7 Å². The molecule has 1 spiro atoms. The average Bonchev–Trinajstić information content (AvgIpc) is 3.12. The van der Waals surface area contributed by atoms with Gasteiger partial charge in [-0.05, 0) is 52.0 Å². The minimum absolute atomic E-state index is 0.0715. The van der Waals surface area contributed by atoms with Crippen LogP contribution in [0, 0.1) is 0 Å². The second kappa shape index (κ2) is 5.25. The average molecular weight is 362 g/mol. The molecule has 2 heterocycles. The first-order valence-corrected chi connectivity index (χ1v) is 8.24. The lowest BCUT2D eigenvalue weighted by Crippen LogP contribution is -2.51. The first kappa shape index (κ1) is 14.0. The van der Waals surface area contributed by atoms with Crippen molar-refractivity contribution in [1.82, 2.24) is 4.90 Å². The number of benzene rings is 1. The van der Waals surface area contributed by atoms with Crippen molar-refractivity contribution in [3.8, 4) is 0 Å². The molecule has 1 aliphatic carbocycles. The Labute approximate surface area is 137 Å². The number of ether oxygens (including phenoxy) is 1. The highest BCUT2D eigenvalue weighted by Crippen LogP contribution is 2.42. The van der Waals surface area contributed by atoms with E-state index in [0.29, 0.717) is 30.1 Å². The molecule has 0 radical (unpaired) electrons. The highest BCUT2D eigenvalue weighted by Gasteiger charge is 2.44. The summed E-state index contributed by atoms with van der Waals surface area (Å²) in [6.45, 7) is 1.74. The Bertz CT molecular complexity index is 722. The largest absolute Gasteiger partial charge is 0.444 e. The first-order valence-electron chi connectivity index (χ1n) is 7.45. The number of rotatable bonds is 1. The Kier molecular flexibility index (Phi) is 3.35. The number of morpholine rings is 1. The van der Waals surface area contributed by atoms with E-state index in [1.54, 1.807) is 12.1 Å². The molecule has 1 fully saturated rings. The molecule has 1 atom stereocenters. The van der Waals surface area contributed by atoms with Gasteiger partial charge in [-0.1, -0.05) is 24.3 Å². The summed E-state index contributed by atoms with van der Waals surface area (Å²) in [4.78, 5) is 14.5. The van der Waals surface area contributed by atoms with E-state index in [2.05, 4.69) is 34.1 Å². The summed E-state index contributed by atoms with van der Waals surface area (Å²) in [5.74, 6) is 0.299. The predicted octanol–water partition coefficient (Wildman–Crippen LogP) is 3.36. The van der Waals surface area contributed by atoms with Crippen LogP contribution in [0.5, 0.6) is 0 Å². The maximum Gasteiger partial charge on any atom is 0.289 e. The fourth-order valence-electron chi connectivity index (χ4n) is 3.51. The molecule has 1 amide bonds. The number of nitrogens with zero attached hydrogens (tertiary/aromatic N) is 1. The van der Waals surface area contributed by atoms with Crippen molar-refractivity contribution in [3.63, 3.8) is 0 Å². The van der Waals surface area contributed by atoms with Crippen LogP contribution in [0.1, 0.15) is 28.1 Å². The Hall–Kier alpha value is -1.59. The van der Waals surface area contributed by atoms with Gasteiger partial charge in [-0.25, -0.2) is 0 Å². The van der Waals surface area contributed by atoms with Gasteiger partial charge in [-0.2, -0.15) is 0 Å². The number of fused-ring (bicyclic) bond motifs is 2. The molecule has 114 valence electrons. The number of carbonyl (C=O) groups excluding carboxylic acids is 1. The van der Waals surface area contributed by atoms with Gasteiger partial charge in [0, 0.05) is 6.54 Å². The number of aryl methyl sites for hydroxylation is 1. The van der Waals surface area contributed by atoms with Crippen LogP contribution in [0.25, 0.3) is 0 Å². The normalized spacial score (nSPS) is 23.8. The molecular weight excluding hydrogens is 346 g/mol. The Morgan fingerprint density at radius 1 is 1.23 bits per heavy atom. The molecular formula is C17H16BrNO3. The van der Waals surface area contributed by atoms with E-state index < -0.39 is 0 Å². The number of carbonyl (C=O) groups is 1. The molecule has 0 unspecified atom stereocenters. The van der Waals surface area contributed by atoms with E-state index in [0.717, 1.165) is 12.8 Å². The lowest BCUT2D eigenvalue weighted by molar-refractivity contribution is -0.104. The van der Waals surface area contributed by atoms with Crippen molar-refractivity contribution in [2.75, 3.05) is 19.7 Å². The Morgan fingerprint density at radius 2 is 2.09 bits per heavy atom. The molecule has 1 saturated heterocycles. The van der Waals surface area contributed by atoms with Crippen molar-refractivity contribution in [2.24, 2.45) is 0 Å². The molecule has 5 heteroatoms. The van der Waals surface area contributed by atoms with E-state index in [4.69, 9.17) is 9.15 Å². The molecule has 4 nitrogen and oxygen atoms in total. The quantitative estimate of drug-likeness (QED) is 0.781. The van der Waals surface area contributed by atoms with Crippen LogP contribution in [0.3, 0.4) is 0 Å². The number of hydrogen-bond acceptors (Lipinski definition) is 3. The van der Waals surface area contributed by atoms with E-state index in [1.165, 1.54) is 11.1 Å². The van der Waals surface area contributed by atoms with Gasteiger partial charge in [0.15, 0.2) is 10.4 Å². The SMILES string of the molecule is O=C(c1ccc(Br)o1)N1CCO[C@@]2(CCc3ccccc32)C1. The molecule has 2 aliphatic rings. The van der Waals surface area contributed by atoms with Gasteiger partial charge in [0.1, 0.15) is 5.60 Å². The maximum absolute atomic E-state index is 12.6. The van der Waals surface area contributed by atoms with Gasteiger partial charge in [0.05, 0.1) is 13.2 Å². The van der Waals surface area contributed by atoms with Crippen LogP contribution in [0.2, 0.25) is 0 Å². The monoisotopic (exact) mass is 361 g/mol. The minimum atomic E-state index is -0.353. The number of halogens is 1. The van der Waals surface area contributed by atoms with Crippen molar-refractivity contribution >= 4 is 21.8 Å². The van der Waals surface area contributed by atoms with E-state index >= 15 is 0 Å². The summed E-state index contributed by atoms with van der Waals surface area (Å²) in [5.41, 5.74) is 2.21. The zero-order valence-corrected chi connectivity index (χ0v) is 13.6. The number of hydrogen-bond donors (Lipinski definition) is 0. The van der Waals surface area contributed by atoms with Crippen LogP contribution < -0.4 is 0 Å². The maximum atomic E-state index is 12.6. The highest BCUT2D eigenvalue weighted by atomic mass is 79.9. The summed E-state index contributed by atoms with van der Waals surface area (Å²) in [6.07, 6.45) is 1.93. The fraction of sp³-hybridized carbons (Fsp3) is 0.353. The van der Waals surface area contributed by atoms with Gasteiger partial charge in [-0.15, -0.1) is 0 Å². The zero-order chi connectivity index (χ0) is 15.2. The van der Waals surface area contributed by atoms with Crippen LogP contribution in [-0.2, 0) is 16.8 Å². The van der Waals surface area contributed by atoms with Gasteiger partial charge in [-0.3, -0.25) is 4.79 Å². The van der Waals surface area contributed by atoms with Gasteiger partial charge < -0.3 is 14.1 Å². The van der Waals surface area contributed by atoms with Crippen molar-refractivity contribution in [1.29, 1.82) is 0 Å². The molecule has 0 saturated carbocycles. The van der Waals surface area contributed by atoms with Crippen molar-refractivity contribution in [3.05, 3.63) is 58.0 Å². The smallest absolute Gasteiger partial charge is 0.289 e. The van der Waals surface area contributed by atoms with Crippen molar-refractivity contribution in [2.45, 2.75) is 18.4 Å². The Morgan fingerprint density at radius 3 is 2.91 bits per heavy atom. The Balaban J connectivity index is 1.62. The molecule has 1 aromatic carbocycles. The third-order valence-corrected chi connectivity index (χ3v) is 4.99. The minimum Gasteiger partial charge on any atom is -0.444 e. The predicted molar refractivity (Wildman–Crippen MR) is 84.7 cm³/mol. The van der Waals surface area contributed by atoms with Crippen molar-refractivity contribution < 1.29 is 13.9 Å². The molecule has 1 aliphatic heterocycles. The number of furan rings is 1. The van der Waals surface area contributed by atoms with E-state index in [1.807, 2.05) is 11.0 Å². The molecule has 0 N–H and O–H groups in total. The molecule has 4 rings (SSSR count). The molecule has 0 bridgehead atoms. The lowest BCUT2D eigenvalue weighted by atomic mass is 9.93. The second-order valence-corrected chi connectivity index (χ2v) is 6.61. The molecule has 2 aromatic rings. The van der Waals surface area contributed by atoms with Crippen LogP contribution in [-0.4, -0.2) is 30.5 Å². The van der Waals surface area contributed by atoms with Gasteiger partial charge in [0.2, 0.25) is 0 Å². The second-order valence-electron chi connectivity index (χ2n) is 5.83. The molecule has 22 heavy (non-hydrogen) atoms. The number of amides is 1. The highest BCUT2D eigenvalue weighted by molar-refractivity contribution is 9.10. The summed E-state index contributed by atoms with van der Waals surface area (Å²) in [6, 6.07) is 11.8. The summed E-state index contributed by atoms with van der Waals surface area (Å²) >= 11 is 3.24. The van der Waals surface area contributed by atoms with Crippen LogP contribution in [0.15, 0.2) is 45.5 Å². The van der Waals surface area contributed by atoms with E-state index in [9.17, 15) is 4.79 Å². The lowest BCUT2D eigenvalue weighted by Gasteiger charge is -2.40.